The van der Waals surface area contributed by atoms with Crippen molar-refractivity contribution >= 4 is 22.9 Å². The predicted octanol–water partition coefficient (Wildman–Crippen LogP) is 4.59. The second kappa shape index (κ2) is 5.80. The number of hydrogen-bond acceptors (Lipinski definition) is 3. The van der Waals surface area contributed by atoms with E-state index in [1.807, 2.05) is 0 Å². The highest BCUT2D eigenvalue weighted by Gasteiger charge is 2.24. The second-order valence-corrected chi connectivity index (χ2v) is 6.42. The summed E-state index contributed by atoms with van der Waals surface area (Å²) < 4.78 is 14.0. The van der Waals surface area contributed by atoms with Crippen LogP contribution in [0.3, 0.4) is 0 Å². The van der Waals surface area contributed by atoms with E-state index in [2.05, 4.69) is 17.2 Å². The fraction of sp³-hybridized carbons (Fsp3) is 0.400. The first-order valence-corrected chi connectivity index (χ1v) is 8.07. The minimum Gasteiger partial charge on any atom is -0.309 e. The van der Waals surface area contributed by atoms with E-state index in [0.717, 1.165) is 36.5 Å². The molecule has 0 fully saturated rings. The van der Waals surface area contributed by atoms with Crippen LogP contribution in [0.4, 0.5) is 4.39 Å². The zero-order valence-corrected chi connectivity index (χ0v) is 12.8. The van der Waals surface area contributed by atoms with Crippen molar-refractivity contribution in [2.45, 2.75) is 32.2 Å². The summed E-state index contributed by atoms with van der Waals surface area (Å²) >= 11 is 7.40. The van der Waals surface area contributed by atoms with Crippen LogP contribution >= 0.6 is 22.9 Å². The summed E-state index contributed by atoms with van der Waals surface area (Å²) in [5.74, 6) is -0.302. The number of halogens is 2. The van der Waals surface area contributed by atoms with E-state index in [9.17, 15) is 4.39 Å². The van der Waals surface area contributed by atoms with Crippen LogP contribution in [-0.4, -0.2) is 11.5 Å². The van der Waals surface area contributed by atoms with Gasteiger partial charge >= 0.3 is 0 Å². The summed E-state index contributed by atoms with van der Waals surface area (Å²) in [7, 11) is 0. The molecule has 1 atom stereocenters. The standard InChI is InChI=1S/C15H16ClFN2S/c1-2-18-12-4-3-5-13-14(12)20-15(19-13)10-7-6-9(16)8-11(10)17/h6-8,12,18H,2-5H2,1H3. The average molecular weight is 311 g/mol. The molecule has 1 N–H and O–H groups in total. The molecule has 20 heavy (non-hydrogen) atoms. The lowest BCUT2D eigenvalue weighted by atomic mass is 9.98. The first kappa shape index (κ1) is 14.0. The van der Waals surface area contributed by atoms with Crippen molar-refractivity contribution in [1.82, 2.24) is 10.3 Å². The zero-order valence-electron chi connectivity index (χ0n) is 11.2. The average Bonchev–Trinajstić information content (AvgIpc) is 2.83. The number of benzene rings is 1. The Kier molecular flexibility index (Phi) is 4.06. The van der Waals surface area contributed by atoms with Gasteiger partial charge < -0.3 is 5.32 Å². The van der Waals surface area contributed by atoms with Crippen molar-refractivity contribution in [2.75, 3.05) is 6.54 Å². The van der Waals surface area contributed by atoms with Crippen LogP contribution < -0.4 is 5.32 Å². The third-order valence-electron chi connectivity index (χ3n) is 3.56. The maximum Gasteiger partial charge on any atom is 0.134 e. The lowest BCUT2D eigenvalue weighted by molar-refractivity contribution is 0.476. The fourth-order valence-corrected chi connectivity index (χ4v) is 4.05. The van der Waals surface area contributed by atoms with E-state index >= 15 is 0 Å². The highest BCUT2D eigenvalue weighted by Crippen LogP contribution is 2.38. The smallest absolute Gasteiger partial charge is 0.134 e. The SMILES string of the molecule is CCNC1CCCc2nc(-c3ccc(Cl)cc3F)sc21. The molecular formula is C15H16ClFN2S. The predicted molar refractivity (Wildman–Crippen MR) is 81.9 cm³/mol. The molecule has 5 heteroatoms. The van der Waals surface area contributed by atoms with E-state index in [1.165, 1.54) is 10.9 Å². The molecule has 0 amide bonds. The second-order valence-electron chi connectivity index (χ2n) is 4.96. The molecule has 1 aromatic heterocycles. The van der Waals surface area contributed by atoms with E-state index in [0.29, 0.717) is 16.6 Å². The van der Waals surface area contributed by atoms with Gasteiger partial charge in [0.1, 0.15) is 10.8 Å². The molecule has 0 saturated carbocycles. The fourth-order valence-electron chi connectivity index (χ4n) is 2.64. The third-order valence-corrected chi connectivity index (χ3v) is 5.04. The number of rotatable bonds is 3. The van der Waals surface area contributed by atoms with Crippen LogP contribution in [0, 0.1) is 5.82 Å². The van der Waals surface area contributed by atoms with Gasteiger partial charge in [-0.05, 0) is 44.0 Å². The molecule has 0 radical (unpaired) electrons. The Morgan fingerprint density at radius 3 is 3.10 bits per heavy atom. The molecule has 0 saturated heterocycles. The highest BCUT2D eigenvalue weighted by molar-refractivity contribution is 7.15. The summed E-state index contributed by atoms with van der Waals surface area (Å²) in [5.41, 5.74) is 1.67. The van der Waals surface area contributed by atoms with Crippen LogP contribution in [0.5, 0.6) is 0 Å². The Balaban J connectivity index is 2.00. The van der Waals surface area contributed by atoms with Gasteiger partial charge in [-0.2, -0.15) is 0 Å². The summed E-state index contributed by atoms with van der Waals surface area (Å²) in [6, 6.07) is 5.14. The minimum absolute atomic E-state index is 0.302. The van der Waals surface area contributed by atoms with Crippen LogP contribution in [0.25, 0.3) is 10.6 Å². The normalized spacial score (nSPS) is 18.1. The van der Waals surface area contributed by atoms with E-state index < -0.39 is 0 Å². The van der Waals surface area contributed by atoms with Crippen molar-refractivity contribution in [2.24, 2.45) is 0 Å². The lowest BCUT2D eigenvalue weighted by Crippen LogP contribution is -2.23. The maximum atomic E-state index is 14.0. The van der Waals surface area contributed by atoms with Crippen LogP contribution in [0.2, 0.25) is 5.02 Å². The van der Waals surface area contributed by atoms with Gasteiger partial charge in [-0.1, -0.05) is 18.5 Å². The number of nitrogens with one attached hydrogen (secondary N) is 1. The Labute approximate surface area is 127 Å². The summed E-state index contributed by atoms with van der Waals surface area (Å²) in [6.45, 7) is 3.04. The van der Waals surface area contributed by atoms with Crippen LogP contribution in [0.15, 0.2) is 18.2 Å². The van der Waals surface area contributed by atoms with Gasteiger partial charge in [0.2, 0.25) is 0 Å². The molecule has 0 aliphatic heterocycles. The number of aromatic nitrogens is 1. The van der Waals surface area contributed by atoms with Crippen LogP contribution in [0.1, 0.15) is 36.4 Å². The number of fused-ring (bicyclic) bond motifs is 1. The van der Waals surface area contributed by atoms with Gasteiger partial charge in [0.15, 0.2) is 0 Å². The van der Waals surface area contributed by atoms with E-state index in [4.69, 9.17) is 11.6 Å². The van der Waals surface area contributed by atoms with Gasteiger partial charge in [0.25, 0.3) is 0 Å². The van der Waals surface area contributed by atoms with Crippen molar-refractivity contribution in [3.63, 3.8) is 0 Å². The zero-order chi connectivity index (χ0) is 14.1. The molecule has 106 valence electrons. The molecule has 3 rings (SSSR count). The molecule has 1 aromatic carbocycles. The maximum absolute atomic E-state index is 14.0. The Morgan fingerprint density at radius 1 is 1.50 bits per heavy atom. The van der Waals surface area contributed by atoms with Crippen molar-refractivity contribution in [3.05, 3.63) is 39.6 Å². The van der Waals surface area contributed by atoms with Gasteiger partial charge in [-0.25, -0.2) is 9.37 Å². The summed E-state index contributed by atoms with van der Waals surface area (Å²) in [4.78, 5) is 5.91. The number of hydrogen-bond donors (Lipinski definition) is 1. The Hall–Kier alpha value is -0.970. The molecule has 1 aliphatic carbocycles. The lowest BCUT2D eigenvalue weighted by Gasteiger charge is -2.21. The van der Waals surface area contributed by atoms with Crippen molar-refractivity contribution in [1.29, 1.82) is 0 Å². The molecular weight excluding hydrogens is 295 g/mol. The first-order valence-electron chi connectivity index (χ1n) is 6.87. The Bertz CT molecular complexity index is 626. The minimum atomic E-state index is -0.302. The van der Waals surface area contributed by atoms with Gasteiger partial charge in [0.05, 0.1) is 5.69 Å². The highest BCUT2D eigenvalue weighted by atomic mass is 35.5. The molecule has 1 heterocycles. The molecule has 0 spiro atoms. The van der Waals surface area contributed by atoms with E-state index in [-0.39, 0.29) is 5.82 Å². The quantitative estimate of drug-likeness (QED) is 0.897. The molecule has 1 unspecified atom stereocenters. The topological polar surface area (TPSA) is 24.9 Å². The third kappa shape index (κ3) is 2.60. The summed E-state index contributed by atoms with van der Waals surface area (Å²) in [5, 5.41) is 4.66. The van der Waals surface area contributed by atoms with Crippen molar-refractivity contribution < 1.29 is 4.39 Å². The Morgan fingerprint density at radius 2 is 2.35 bits per heavy atom. The van der Waals surface area contributed by atoms with Gasteiger partial charge in [-0.15, -0.1) is 11.3 Å². The first-order chi connectivity index (χ1) is 9.69. The van der Waals surface area contributed by atoms with Gasteiger partial charge in [0, 0.05) is 21.5 Å². The molecule has 2 aromatic rings. The number of thiazole rings is 1. The van der Waals surface area contributed by atoms with Crippen molar-refractivity contribution in [3.8, 4) is 10.6 Å². The molecule has 1 aliphatic rings. The van der Waals surface area contributed by atoms with Crippen LogP contribution in [-0.2, 0) is 6.42 Å². The number of aryl methyl sites for hydroxylation is 1. The number of nitrogens with zero attached hydrogens (tertiary/aromatic N) is 1. The van der Waals surface area contributed by atoms with E-state index in [1.54, 1.807) is 23.5 Å². The molecule has 0 bridgehead atoms. The summed E-state index contributed by atoms with van der Waals surface area (Å²) in [6.07, 6.45) is 3.26. The molecule has 2 nitrogen and oxygen atoms in total. The largest absolute Gasteiger partial charge is 0.309 e. The monoisotopic (exact) mass is 310 g/mol. The van der Waals surface area contributed by atoms with Gasteiger partial charge in [-0.3, -0.25) is 0 Å².